The number of rotatable bonds is 8. The van der Waals surface area contributed by atoms with Gasteiger partial charge in [0.2, 0.25) is 0 Å². The zero-order valence-electron chi connectivity index (χ0n) is 24.1. The fourth-order valence-electron chi connectivity index (χ4n) is 5.73. The van der Waals surface area contributed by atoms with Gasteiger partial charge in [0.25, 0.3) is 5.91 Å². The van der Waals surface area contributed by atoms with Crippen molar-refractivity contribution in [2.24, 2.45) is 14.1 Å². The maximum Gasteiger partial charge on any atom is 0.252 e. The molecule has 214 valence electrons. The summed E-state index contributed by atoms with van der Waals surface area (Å²) in [4.78, 5) is 19.9. The topological polar surface area (TPSA) is 130 Å². The lowest BCUT2D eigenvalue weighted by Gasteiger charge is -2.31. The van der Waals surface area contributed by atoms with Gasteiger partial charge in [-0.1, -0.05) is 0 Å². The molecule has 12 nitrogen and oxygen atoms in total. The van der Waals surface area contributed by atoms with Crippen LogP contribution in [0.1, 0.15) is 48.4 Å². The number of aliphatic hydroxyl groups excluding tert-OH is 1. The first kappa shape index (κ1) is 26.9. The molecule has 6 heterocycles. The summed E-state index contributed by atoms with van der Waals surface area (Å²) in [6.07, 6.45) is 7.68. The number of carbonyl (C=O) groups is 1. The summed E-state index contributed by atoms with van der Waals surface area (Å²) >= 11 is 0. The van der Waals surface area contributed by atoms with Gasteiger partial charge in [0.15, 0.2) is 5.82 Å². The van der Waals surface area contributed by atoms with Gasteiger partial charge in [-0.05, 0) is 58.4 Å². The number of pyridine rings is 1. The molecule has 0 spiro atoms. The van der Waals surface area contributed by atoms with Crippen molar-refractivity contribution in [2.75, 3.05) is 25.0 Å². The number of carbonyl (C=O) groups excluding carboxylic acids is 1. The molecule has 0 unspecified atom stereocenters. The molecule has 6 rings (SSSR count). The number of aromatic nitrogens is 7. The molecule has 0 radical (unpaired) electrons. The number of amides is 1. The zero-order chi connectivity index (χ0) is 28.9. The van der Waals surface area contributed by atoms with Crippen LogP contribution in [0.5, 0.6) is 0 Å². The number of hydrogen-bond acceptors (Lipinski definition) is 8. The fourth-order valence-corrected chi connectivity index (χ4v) is 5.73. The Balaban J connectivity index is 1.24. The second kappa shape index (κ2) is 10.3. The highest BCUT2D eigenvalue weighted by atomic mass is 16.3. The van der Waals surface area contributed by atoms with Crippen LogP contribution in [0.4, 0.5) is 11.5 Å². The number of likely N-dealkylation sites (tertiary alicyclic amines) is 1. The largest absolute Gasteiger partial charge is 0.390 e. The van der Waals surface area contributed by atoms with Crippen LogP contribution in [-0.2, 0) is 20.7 Å². The van der Waals surface area contributed by atoms with Crippen molar-refractivity contribution in [3.8, 4) is 11.3 Å². The molecule has 0 atom stereocenters. The van der Waals surface area contributed by atoms with Gasteiger partial charge in [-0.2, -0.15) is 15.3 Å². The quantitative estimate of drug-likeness (QED) is 0.266. The van der Waals surface area contributed by atoms with Gasteiger partial charge in [0.1, 0.15) is 0 Å². The van der Waals surface area contributed by atoms with Crippen LogP contribution in [0.3, 0.4) is 0 Å². The minimum atomic E-state index is -0.147. The number of anilines is 2. The number of nitrogens with zero attached hydrogens (tertiary/aromatic N) is 8. The van der Waals surface area contributed by atoms with Gasteiger partial charge in [-0.3, -0.25) is 24.0 Å². The lowest BCUT2D eigenvalue weighted by Crippen LogP contribution is -2.43. The average molecular weight is 557 g/mol. The highest BCUT2D eigenvalue weighted by Crippen LogP contribution is 2.32. The fraction of sp³-hybridized carbons (Fsp3) is 0.414. The molecule has 12 heteroatoms. The Hall–Kier alpha value is -4.29. The monoisotopic (exact) mass is 556 g/mol. The smallest absolute Gasteiger partial charge is 0.252 e. The highest BCUT2D eigenvalue weighted by Gasteiger charge is 2.31. The second-order valence-corrected chi connectivity index (χ2v) is 11.4. The summed E-state index contributed by atoms with van der Waals surface area (Å²) in [7, 11) is 3.70. The minimum absolute atomic E-state index is 0.0792. The molecule has 0 aliphatic carbocycles. The molecule has 0 saturated carbocycles. The van der Waals surface area contributed by atoms with Crippen molar-refractivity contribution in [1.29, 1.82) is 0 Å². The Bertz CT molecular complexity index is 1760. The van der Waals surface area contributed by atoms with Crippen LogP contribution in [0.2, 0.25) is 0 Å². The molecule has 1 amide bonds. The van der Waals surface area contributed by atoms with E-state index in [0.29, 0.717) is 23.6 Å². The van der Waals surface area contributed by atoms with Crippen molar-refractivity contribution in [3.05, 3.63) is 53.7 Å². The molecule has 0 bridgehead atoms. The first-order chi connectivity index (χ1) is 19.6. The number of fused-ring (bicyclic) bond motifs is 3. The normalized spacial score (nSPS) is 15.3. The van der Waals surface area contributed by atoms with Crippen LogP contribution in [0.15, 0.2) is 36.8 Å². The standard InChI is InChI=1S/C29H36N10O2/c1-18-23(11-19(14-31-18)28(41)30-8-10-38-9-6-7-29(38,2)3)33-27-22-15-32-39-16-20(12-25(39)26(22)37(5)35-27)24-13-21(17-40)36(4)34-24/h11-16,40H,6-10,17H2,1-5H3,(H,30,41)(H,33,35). The lowest BCUT2D eigenvalue weighted by molar-refractivity contribution is 0.0940. The summed E-state index contributed by atoms with van der Waals surface area (Å²) in [5.41, 5.74) is 6.30. The molecule has 0 aromatic carbocycles. The van der Waals surface area contributed by atoms with E-state index >= 15 is 0 Å². The molecular weight excluding hydrogens is 520 g/mol. The van der Waals surface area contributed by atoms with Crippen molar-refractivity contribution < 1.29 is 9.90 Å². The summed E-state index contributed by atoms with van der Waals surface area (Å²) in [5.74, 6) is 0.478. The summed E-state index contributed by atoms with van der Waals surface area (Å²) in [5, 5.41) is 30.7. The highest BCUT2D eigenvalue weighted by molar-refractivity contribution is 6.01. The molecule has 41 heavy (non-hydrogen) atoms. The first-order valence-electron chi connectivity index (χ1n) is 13.9. The number of aliphatic hydroxyl groups is 1. The van der Waals surface area contributed by atoms with Crippen molar-refractivity contribution in [2.45, 2.75) is 45.8 Å². The van der Waals surface area contributed by atoms with E-state index in [9.17, 15) is 9.90 Å². The van der Waals surface area contributed by atoms with Crippen molar-refractivity contribution >= 4 is 33.8 Å². The van der Waals surface area contributed by atoms with E-state index < -0.39 is 0 Å². The summed E-state index contributed by atoms with van der Waals surface area (Å²) in [6, 6.07) is 5.71. The molecule has 1 aliphatic heterocycles. The third-order valence-corrected chi connectivity index (χ3v) is 8.21. The van der Waals surface area contributed by atoms with E-state index in [1.165, 1.54) is 12.8 Å². The van der Waals surface area contributed by atoms with E-state index in [0.717, 1.165) is 52.2 Å². The van der Waals surface area contributed by atoms with Gasteiger partial charge < -0.3 is 15.7 Å². The van der Waals surface area contributed by atoms with Gasteiger partial charge in [-0.15, -0.1) is 0 Å². The molecule has 1 aliphatic rings. The number of aryl methyl sites for hydroxylation is 3. The third-order valence-electron chi connectivity index (χ3n) is 8.21. The molecule has 5 aromatic rings. The van der Waals surface area contributed by atoms with Gasteiger partial charge in [0.05, 0.1) is 57.6 Å². The Kier molecular flexibility index (Phi) is 6.74. The predicted molar refractivity (Wildman–Crippen MR) is 157 cm³/mol. The molecule has 5 aromatic heterocycles. The predicted octanol–water partition coefficient (Wildman–Crippen LogP) is 3.17. The Morgan fingerprint density at radius 2 is 1.95 bits per heavy atom. The maximum absolute atomic E-state index is 13.0. The first-order valence-corrected chi connectivity index (χ1v) is 13.9. The van der Waals surface area contributed by atoms with E-state index in [2.05, 4.69) is 44.6 Å². The Morgan fingerprint density at radius 3 is 2.68 bits per heavy atom. The van der Waals surface area contributed by atoms with Gasteiger partial charge >= 0.3 is 0 Å². The Labute approximate surface area is 238 Å². The molecule has 3 N–H and O–H groups in total. The van der Waals surface area contributed by atoms with Crippen LogP contribution in [0.25, 0.3) is 27.7 Å². The summed E-state index contributed by atoms with van der Waals surface area (Å²) in [6.45, 7) is 8.82. The minimum Gasteiger partial charge on any atom is -0.390 e. The van der Waals surface area contributed by atoms with Crippen LogP contribution in [0, 0.1) is 6.92 Å². The van der Waals surface area contributed by atoms with Gasteiger partial charge in [0, 0.05) is 50.7 Å². The van der Waals surface area contributed by atoms with Crippen LogP contribution in [-0.4, -0.2) is 75.2 Å². The van der Waals surface area contributed by atoms with Gasteiger partial charge in [-0.25, -0.2) is 4.52 Å². The second-order valence-electron chi connectivity index (χ2n) is 11.4. The number of hydrogen-bond donors (Lipinski definition) is 3. The molecule has 1 fully saturated rings. The zero-order valence-corrected chi connectivity index (χ0v) is 24.1. The lowest BCUT2D eigenvalue weighted by atomic mass is 10.0. The number of nitrogens with one attached hydrogen (secondary N) is 2. The van der Waals surface area contributed by atoms with E-state index in [1.807, 2.05) is 50.1 Å². The van der Waals surface area contributed by atoms with Crippen LogP contribution < -0.4 is 10.6 Å². The molecular formula is C29H36N10O2. The third kappa shape index (κ3) is 4.93. The Morgan fingerprint density at radius 1 is 1.12 bits per heavy atom. The van der Waals surface area contributed by atoms with Crippen molar-refractivity contribution in [3.63, 3.8) is 0 Å². The van der Waals surface area contributed by atoms with E-state index in [1.54, 1.807) is 21.6 Å². The van der Waals surface area contributed by atoms with Crippen molar-refractivity contribution in [1.82, 2.24) is 44.4 Å². The maximum atomic E-state index is 13.0. The van der Waals surface area contributed by atoms with Crippen LogP contribution >= 0.6 is 0 Å². The van der Waals surface area contributed by atoms with E-state index in [-0.39, 0.29) is 18.1 Å². The molecule has 1 saturated heterocycles. The average Bonchev–Trinajstić information content (AvgIpc) is 3.69. The SMILES string of the molecule is Cc1ncc(C(=O)NCCN2CCCC2(C)C)cc1Nc1nn(C)c2c1cnn1cc(-c3cc(CO)n(C)n3)cc21. The van der Waals surface area contributed by atoms with E-state index in [4.69, 9.17) is 5.10 Å². The summed E-state index contributed by atoms with van der Waals surface area (Å²) < 4.78 is 5.29.